The lowest BCUT2D eigenvalue weighted by Gasteiger charge is -2.39. The molecule has 40 heavy (non-hydrogen) atoms. The number of rotatable bonds is 8. The molecule has 2 heterocycles. The highest BCUT2D eigenvalue weighted by Gasteiger charge is 2.42. The summed E-state index contributed by atoms with van der Waals surface area (Å²) in [5.74, 6) is 0.140. The number of allylic oxidation sites excluding steroid dienone is 3. The first-order valence-corrected chi connectivity index (χ1v) is 12.7. The van der Waals surface area contributed by atoms with Crippen molar-refractivity contribution in [2.45, 2.75) is 24.6 Å². The van der Waals surface area contributed by atoms with Crippen LogP contribution in [-0.2, 0) is 7.05 Å². The minimum Gasteiger partial charge on any atom is -0.348 e. The van der Waals surface area contributed by atoms with Crippen molar-refractivity contribution >= 4 is 17.2 Å². The number of alkyl halides is 3. The average molecular weight is 557 g/mol. The van der Waals surface area contributed by atoms with E-state index >= 15 is 0 Å². The maximum absolute atomic E-state index is 14.6. The van der Waals surface area contributed by atoms with Crippen molar-refractivity contribution < 1.29 is 22.4 Å². The molecule has 4 rings (SSSR count). The van der Waals surface area contributed by atoms with Gasteiger partial charge in [0.1, 0.15) is 17.5 Å². The van der Waals surface area contributed by atoms with Crippen LogP contribution in [-0.4, -0.2) is 53.1 Å². The molecule has 2 aliphatic rings. The van der Waals surface area contributed by atoms with Gasteiger partial charge in [-0.1, -0.05) is 19.2 Å². The summed E-state index contributed by atoms with van der Waals surface area (Å²) in [5.41, 5.74) is 5.85. The van der Waals surface area contributed by atoms with Crippen LogP contribution in [0.15, 0.2) is 84.9 Å². The lowest BCUT2D eigenvalue weighted by atomic mass is 9.94. The number of aromatic nitrogens is 1. The smallest absolute Gasteiger partial charge is 0.262 e. The monoisotopic (exact) mass is 556 g/mol. The van der Waals surface area contributed by atoms with Gasteiger partial charge in [-0.2, -0.15) is 0 Å². The summed E-state index contributed by atoms with van der Waals surface area (Å²) in [7, 11) is 1.82. The predicted octanol–water partition coefficient (Wildman–Crippen LogP) is 4.23. The molecule has 11 heteroatoms. The summed E-state index contributed by atoms with van der Waals surface area (Å²) in [6.07, 6.45) is 4.67. The second kappa shape index (κ2) is 12.1. The molecular weight excluding hydrogens is 524 g/mol. The van der Waals surface area contributed by atoms with E-state index < -0.39 is 48.8 Å². The summed E-state index contributed by atoms with van der Waals surface area (Å²) in [4.78, 5) is 18.7. The summed E-state index contributed by atoms with van der Waals surface area (Å²) in [5, 5.41) is 2.67. The number of pyridine rings is 1. The largest absolute Gasteiger partial charge is 0.348 e. The molecule has 1 amide bonds. The molecule has 0 saturated carbocycles. The summed E-state index contributed by atoms with van der Waals surface area (Å²) < 4.78 is 59.5. The Morgan fingerprint density at radius 2 is 2.02 bits per heavy atom. The fraction of sp³-hybridized carbons (Fsp3) is 0.310. The number of nitrogens with zero attached hydrogens (tertiary/aromatic N) is 3. The van der Waals surface area contributed by atoms with Gasteiger partial charge in [0, 0.05) is 56.1 Å². The number of carbonyl (C=O) groups is 1. The SMILES string of the molecule is C=CN=c1ccc(C(=C)c2cc(C(=O)NC3CN(CC4C(F)=CC=CC4F)CC(F)(F)C3)ccc2NN)cn1C. The first-order chi connectivity index (χ1) is 19.0. The van der Waals surface area contributed by atoms with Crippen LogP contribution in [0.1, 0.15) is 27.9 Å². The molecule has 1 fully saturated rings. The second-order valence-electron chi connectivity index (χ2n) is 9.99. The highest BCUT2D eigenvalue weighted by atomic mass is 19.3. The van der Waals surface area contributed by atoms with Crippen LogP contribution in [0.25, 0.3) is 5.57 Å². The lowest BCUT2D eigenvalue weighted by Crippen LogP contribution is -2.56. The molecule has 0 radical (unpaired) electrons. The number of hydrogen-bond donors (Lipinski definition) is 3. The fourth-order valence-corrected chi connectivity index (χ4v) is 5.05. The molecule has 1 aliphatic heterocycles. The van der Waals surface area contributed by atoms with E-state index in [0.717, 1.165) is 11.6 Å². The van der Waals surface area contributed by atoms with Gasteiger partial charge in [-0.15, -0.1) is 0 Å². The number of hydrazine groups is 1. The zero-order chi connectivity index (χ0) is 29.0. The van der Waals surface area contributed by atoms with E-state index in [-0.39, 0.29) is 18.7 Å². The molecule has 1 aromatic carbocycles. The Hall–Kier alpha value is -3.96. The Bertz CT molecular complexity index is 1430. The van der Waals surface area contributed by atoms with Gasteiger partial charge in [0.25, 0.3) is 11.8 Å². The van der Waals surface area contributed by atoms with Crippen molar-refractivity contribution in [3.8, 4) is 0 Å². The molecule has 3 atom stereocenters. The van der Waals surface area contributed by atoms with E-state index in [0.29, 0.717) is 22.3 Å². The van der Waals surface area contributed by atoms with Crippen molar-refractivity contribution in [3.05, 3.63) is 102 Å². The molecule has 0 bridgehead atoms. The summed E-state index contributed by atoms with van der Waals surface area (Å²) in [6.45, 7) is 6.92. The Kier molecular flexibility index (Phi) is 8.75. The third kappa shape index (κ3) is 6.60. The minimum absolute atomic E-state index is 0.0299. The molecule has 4 N–H and O–H groups in total. The van der Waals surface area contributed by atoms with Crippen LogP contribution >= 0.6 is 0 Å². The molecule has 1 aromatic heterocycles. The molecule has 1 aliphatic carbocycles. The maximum Gasteiger partial charge on any atom is 0.262 e. The lowest BCUT2D eigenvalue weighted by molar-refractivity contribution is -0.0778. The zero-order valence-corrected chi connectivity index (χ0v) is 22.1. The molecule has 7 nitrogen and oxygen atoms in total. The maximum atomic E-state index is 14.6. The van der Waals surface area contributed by atoms with Gasteiger partial charge in [-0.25, -0.2) is 22.6 Å². The highest BCUT2D eigenvalue weighted by molar-refractivity contribution is 5.97. The van der Waals surface area contributed by atoms with Crippen molar-refractivity contribution in [2.24, 2.45) is 23.8 Å². The van der Waals surface area contributed by atoms with E-state index in [9.17, 15) is 22.4 Å². The first kappa shape index (κ1) is 29.0. The number of piperidine rings is 1. The van der Waals surface area contributed by atoms with Gasteiger partial charge in [0.05, 0.1) is 18.2 Å². The van der Waals surface area contributed by atoms with Crippen LogP contribution in [0.2, 0.25) is 0 Å². The number of nitrogen functional groups attached to an aromatic ring is 1. The van der Waals surface area contributed by atoms with Gasteiger partial charge in [0.15, 0.2) is 0 Å². The summed E-state index contributed by atoms with van der Waals surface area (Å²) in [6, 6.07) is 7.38. The number of amides is 1. The van der Waals surface area contributed by atoms with E-state index in [1.807, 2.05) is 19.3 Å². The van der Waals surface area contributed by atoms with Crippen molar-refractivity contribution in [1.82, 2.24) is 14.8 Å². The highest BCUT2D eigenvalue weighted by Crippen LogP contribution is 2.32. The van der Waals surface area contributed by atoms with Gasteiger partial charge in [-0.05, 0) is 53.6 Å². The quantitative estimate of drug-likeness (QED) is 0.258. The minimum atomic E-state index is -3.14. The van der Waals surface area contributed by atoms with Gasteiger partial charge in [-0.3, -0.25) is 15.5 Å². The van der Waals surface area contributed by atoms with Crippen LogP contribution in [0.4, 0.5) is 23.2 Å². The van der Waals surface area contributed by atoms with E-state index in [4.69, 9.17) is 5.84 Å². The zero-order valence-electron chi connectivity index (χ0n) is 22.1. The van der Waals surface area contributed by atoms with Crippen molar-refractivity contribution in [3.63, 3.8) is 0 Å². The number of hydrogen-bond acceptors (Lipinski definition) is 5. The Labute approximate surface area is 230 Å². The van der Waals surface area contributed by atoms with Gasteiger partial charge >= 0.3 is 0 Å². The molecule has 3 unspecified atom stereocenters. The number of benzene rings is 1. The molecule has 1 saturated heterocycles. The van der Waals surface area contributed by atoms with Crippen molar-refractivity contribution in [2.75, 3.05) is 25.1 Å². The molecule has 212 valence electrons. The van der Waals surface area contributed by atoms with Crippen LogP contribution < -0.4 is 22.1 Å². The number of halogens is 4. The van der Waals surface area contributed by atoms with Gasteiger partial charge in [0.2, 0.25) is 0 Å². The topological polar surface area (TPSA) is 87.7 Å². The molecule has 2 aromatic rings. The second-order valence-corrected chi connectivity index (χ2v) is 9.99. The van der Waals surface area contributed by atoms with Crippen LogP contribution in [0.3, 0.4) is 0 Å². The Morgan fingerprint density at radius 1 is 1.27 bits per heavy atom. The normalized spacial score (nSPS) is 22.9. The molecular formula is C29H32F4N6O. The van der Waals surface area contributed by atoms with Crippen LogP contribution in [0.5, 0.6) is 0 Å². The van der Waals surface area contributed by atoms with Crippen LogP contribution in [0, 0.1) is 5.92 Å². The fourth-order valence-electron chi connectivity index (χ4n) is 5.05. The van der Waals surface area contributed by atoms with Crippen molar-refractivity contribution in [1.29, 1.82) is 0 Å². The first-order valence-electron chi connectivity index (χ1n) is 12.7. The molecule has 0 spiro atoms. The van der Waals surface area contributed by atoms with E-state index in [1.54, 1.807) is 22.8 Å². The van der Waals surface area contributed by atoms with Gasteiger partial charge < -0.3 is 15.3 Å². The third-order valence-corrected chi connectivity index (χ3v) is 7.00. The Balaban J connectivity index is 1.52. The number of nitrogens with one attached hydrogen (secondary N) is 2. The standard InChI is InChI=1S/C29H32F4N6O/c1-4-35-27-11-9-20(14-38(27)3)18(2)22-12-19(8-10-26(22)37-34)28(40)36-21-13-29(32,33)17-39(15-21)16-23-24(30)6-5-7-25(23)31/h4-12,14,21,23-24,37H,1-2,13,15-17,34H2,3H3,(H,36,40). The number of nitrogens with two attached hydrogens (primary N) is 1. The number of likely N-dealkylation sites (tertiary alicyclic amines) is 1. The average Bonchev–Trinajstić information content (AvgIpc) is 2.90. The predicted molar refractivity (Wildman–Crippen MR) is 148 cm³/mol. The number of aryl methyl sites for hydroxylation is 1. The van der Waals surface area contributed by atoms with E-state index in [1.165, 1.54) is 29.3 Å². The summed E-state index contributed by atoms with van der Waals surface area (Å²) >= 11 is 0. The van der Waals surface area contributed by atoms with E-state index in [2.05, 4.69) is 28.9 Å². The third-order valence-electron chi connectivity index (χ3n) is 7.00. The number of carbonyl (C=O) groups excluding carboxylic acids is 1. The number of anilines is 1. The Morgan fingerprint density at radius 3 is 2.70 bits per heavy atom.